The second-order valence-corrected chi connectivity index (χ2v) is 2.48. The second-order valence-electron chi connectivity index (χ2n) is 2.48. The SMILES string of the molecule is C#CCOc1noc2ccccc12. The van der Waals surface area contributed by atoms with Crippen LogP contribution in [0.15, 0.2) is 28.8 Å². The Bertz CT molecular complexity index is 453. The maximum Gasteiger partial charge on any atom is 0.263 e. The molecule has 0 unspecified atom stereocenters. The van der Waals surface area contributed by atoms with Crippen molar-refractivity contribution in [2.75, 3.05) is 6.61 Å². The third kappa shape index (κ3) is 1.34. The van der Waals surface area contributed by atoms with Crippen molar-refractivity contribution in [1.82, 2.24) is 5.16 Å². The summed E-state index contributed by atoms with van der Waals surface area (Å²) < 4.78 is 10.2. The molecule has 0 fully saturated rings. The molecule has 13 heavy (non-hydrogen) atoms. The van der Waals surface area contributed by atoms with Gasteiger partial charge >= 0.3 is 0 Å². The van der Waals surface area contributed by atoms with Crippen molar-refractivity contribution in [2.24, 2.45) is 0 Å². The molecular weight excluding hydrogens is 166 g/mol. The van der Waals surface area contributed by atoms with Crippen LogP contribution in [0, 0.1) is 12.3 Å². The third-order valence-electron chi connectivity index (χ3n) is 1.64. The van der Waals surface area contributed by atoms with Gasteiger partial charge in [0.05, 0.1) is 5.39 Å². The number of aromatic nitrogens is 1. The number of hydrogen-bond donors (Lipinski definition) is 0. The predicted octanol–water partition coefficient (Wildman–Crippen LogP) is 1.84. The van der Waals surface area contributed by atoms with E-state index in [1.807, 2.05) is 24.3 Å². The third-order valence-corrected chi connectivity index (χ3v) is 1.64. The fraction of sp³-hybridized carbons (Fsp3) is 0.100. The zero-order chi connectivity index (χ0) is 9.10. The van der Waals surface area contributed by atoms with Crippen LogP contribution in [0.5, 0.6) is 5.88 Å². The molecule has 64 valence electrons. The Balaban J connectivity index is 2.41. The monoisotopic (exact) mass is 173 g/mol. The molecule has 3 heteroatoms. The molecular formula is C10H7NO2. The summed E-state index contributed by atoms with van der Waals surface area (Å²) >= 11 is 0. The van der Waals surface area contributed by atoms with Crippen LogP contribution in [0.3, 0.4) is 0 Å². The topological polar surface area (TPSA) is 35.3 Å². The molecule has 0 spiro atoms. The summed E-state index contributed by atoms with van der Waals surface area (Å²) in [4.78, 5) is 0. The van der Waals surface area contributed by atoms with Gasteiger partial charge in [-0.3, -0.25) is 0 Å². The smallest absolute Gasteiger partial charge is 0.263 e. The van der Waals surface area contributed by atoms with Crippen molar-refractivity contribution in [3.63, 3.8) is 0 Å². The summed E-state index contributed by atoms with van der Waals surface area (Å²) in [6, 6.07) is 7.46. The number of rotatable bonds is 2. The molecule has 0 aliphatic carbocycles. The maximum atomic E-state index is 5.17. The minimum Gasteiger partial charge on any atom is -0.462 e. The van der Waals surface area contributed by atoms with Gasteiger partial charge in [0.15, 0.2) is 12.2 Å². The van der Waals surface area contributed by atoms with Gasteiger partial charge in [-0.1, -0.05) is 18.1 Å². The summed E-state index contributed by atoms with van der Waals surface area (Å²) in [6.45, 7) is 0.205. The number of terminal acetylenes is 1. The molecule has 0 amide bonds. The van der Waals surface area contributed by atoms with Gasteiger partial charge in [0.1, 0.15) is 0 Å². The molecule has 0 bridgehead atoms. The average Bonchev–Trinajstić information content (AvgIpc) is 2.58. The first kappa shape index (κ1) is 7.69. The van der Waals surface area contributed by atoms with Gasteiger partial charge in [-0.25, -0.2) is 0 Å². The number of benzene rings is 1. The highest BCUT2D eigenvalue weighted by atomic mass is 16.5. The van der Waals surface area contributed by atoms with Crippen molar-refractivity contribution in [2.45, 2.75) is 0 Å². The summed E-state index contributed by atoms with van der Waals surface area (Å²) in [6.07, 6.45) is 5.06. The van der Waals surface area contributed by atoms with E-state index in [1.54, 1.807) is 0 Å². The summed E-state index contributed by atoms with van der Waals surface area (Å²) in [5.41, 5.74) is 0.703. The predicted molar refractivity (Wildman–Crippen MR) is 48.3 cm³/mol. The maximum absolute atomic E-state index is 5.17. The lowest BCUT2D eigenvalue weighted by Crippen LogP contribution is -1.93. The van der Waals surface area contributed by atoms with Crippen molar-refractivity contribution in [1.29, 1.82) is 0 Å². The highest BCUT2D eigenvalue weighted by Gasteiger charge is 2.06. The lowest BCUT2D eigenvalue weighted by molar-refractivity contribution is 0.322. The Morgan fingerprint density at radius 2 is 2.31 bits per heavy atom. The normalized spacial score (nSPS) is 9.77. The Morgan fingerprint density at radius 3 is 3.15 bits per heavy atom. The van der Waals surface area contributed by atoms with Crippen LogP contribution in [0.4, 0.5) is 0 Å². The molecule has 3 nitrogen and oxygen atoms in total. The van der Waals surface area contributed by atoms with Crippen LogP contribution in [0.25, 0.3) is 11.0 Å². The highest BCUT2D eigenvalue weighted by Crippen LogP contribution is 2.23. The van der Waals surface area contributed by atoms with Crippen molar-refractivity contribution >= 4 is 11.0 Å². The van der Waals surface area contributed by atoms with E-state index < -0.39 is 0 Å². The van der Waals surface area contributed by atoms with E-state index in [2.05, 4.69) is 11.1 Å². The molecule has 0 saturated carbocycles. The number of hydrogen-bond acceptors (Lipinski definition) is 3. The van der Waals surface area contributed by atoms with E-state index in [0.29, 0.717) is 11.5 Å². The van der Waals surface area contributed by atoms with Gasteiger partial charge < -0.3 is 9.26 Å². The van der Waals surface area contributed by atoms with Gasteiger partial charge in [-0.05, 0) is 17.3 Å². The minimum absolute atomic E-state index is 0.205. The average molecular weight is 173 g/mol. The van der Waals surface area contributed by atoms with Crippen LogP contribution >= 0.6 is 0 Å². The fourth-order valence-electron chi connectivity index (χ4n) is 1.08. The van der Waals surface area contributed by atoms with Gasteiger partial charge in [-0.15, -0.1) is 6.42 Å². The number of para-hydroxylation sites is 1. The first-order valence-corrected chi connectivity index (χ1v) is 3.82. The molecule has 0 radical (unpaired) electrons. The van der Waals surface area contributed by atoms with E-state index >= 15 is 0 Å². The van der Waals surface area contributed by atoms with Crippen LogP contribution in [-0.2, 0) is 0 Å². The summed E-state index contributed by atoms with van der Waals surface area (Å²) in [5.74, 6) is 2.82. The largest absolute Gasteiger partial charge is 0.462 e. The molecule has 2 rings (SSSR count). The minimum atomic E-state index is 0.205. The molecule has 1 heterocycles. The molecule has 0 saturated heterocycles. The van der Waals surface area contributed by atoms with Gasteiger partial charge in [0, 0.05) is 0 Å². The molecule has 0 N–H and O–H groups in total. The van der Waals surface area contributed by atoms with Crippen LogP contribution in [-0.4, -0.2) is 11.8 Å². The summed E-state index contributed by atoms with van der Waals surface area (Å²) in [7, 11) is 0. The van der Waals surface area contributed by atoms with Gasteiger partial charge in [0.25, 0.3) is 5.88 Å². The van der Waals surface area contributed by atoms with E-state index in [4.69, 9.17) is 15.7 Å². The molecule has 0 atom stereocenters. The molecule has 0 aliphatic rings. The lowest BCUT2D eigenvalue weighted by atomic mass is 10.3. The first-order valence-electron chi connectivity index (χ1n) is 3.82. The zero-order valence-corrected chi connectivity index (χ0v) is 6.86. The van der Waals surface area contributed by atoms with Crippen LogP contribution in [0.1, 0.15) is 0 Å². The number of nitrogens with zero attached hydrogens (tertiary/aromatic N) is 1. The first-order chi connectivity index (χ1) is 6.42. The molecule has 2 aromatic rings. The lowest BCUT2D eigenvalue weighted by Gasteiger charge is -1.94. The van der Waals surface area contributed by atoms with Crippen LogP contribution in [0.2, 0.25) is 0 Å². The van der Waals surface area contributed by atoms with E-state index in [-0.39, 0.29) is 6.61 Å². The van der Waals surface area contributed by atoms with E-state index in [1.165, 1.54) is 0 Å². The Hall–Kier alpha value is -1.95. The standard InChI is InChI=1S/C10H7NO2/c1-2-7-12-10-8-5-3-4-6-9(8)13-11-10/h1,3-6H,7H2. The van der Waals surface area contributed by atoms with Crippen molar-refractivity contribution in [3.8, 4) is 18.2 Å². The van der Waals surface area contributed by atoms with Gasteiger partial charge in [0.2, 0.25) is 0 Å². The Kier molecular flexibility index (Phi) is 1.89. The second kappa shape index (κ2) is 3.20. The highest BCUT2D eigenvalue weighted by molar-refractivity contribution is 5.81. The van der Waals surface area contributed by atoms with E-state index in [9.17, 15) is 0 Å². The number of ether oxygens (including phenoxy) is 1. The van der Waals surface area contributed by atoms with E-state index in [0.717, 1.165) is 5.39 Å². The number of fused-ring (bicyclic) bond motifs is 1. The molecule has 1 aromatic heterocycles. The Morgan fingerprint density at radius 1 is 1.46 bits per heavy atom. The molecule has 0 aliphatic heterocycles. The quantitative estimate of drug-likeness (QED) is 0.650. The Labute approximate surface area is 75.3 Å². The molecule has 1 aromatic carbocycles. The van der Waals surface area contributed by atoms with Crippen molar-refractivity contribution < 1.29 is 9.26 Å². The van der Waals surface area contributed by atoms with Crippen LogP contribution < -0.4 is 4.74 Å². The fourth-order valence-corrected chi connectivity index (χ4v) is 1.08. The van der Waals surface area contributed by atoms with Gasteiger partial charge in [-0.2, -0.15) is 0 Å². The zero-order valence-electron chi connectivity index (χ0n) is 6.86. The summed E-state index contributed by atoms with van der Waals surface area (Å²) in [5, 5.41) is 4.59. The van der Waals surface area contributed by atoms with Crippen molar-refractivity contribution in [3.05, 3.63) is 24.3 Å².